The van der Waals surface area contributed by atoms with Crippen LogP contribution in [0.15, 0.2) is 21.7 Å². The third-order valence-corrected chi connectivity index (χ3v) is 2.31. The van der Waals surface area contributed by atoms with Crippen molar-refractivity contribution in [2.75, 3.05) is 7.11 Å². The van der Waals surface area contributed by atoms with Crippen LogP contribution in [0.25, 0.3) is 10.9 Å². The van der Waals surface area contributed by atoms with Crippen LogP contribution in [0.1, 0.15) is 5.56 Å². The molecule has 1 aromatic carbocycles. The van der Waals surface area contributed by atoms with Crippen molar-refractivity contribution in [3.63, 3.8) is 0 Å². The van der Waals surface area contributed by atoms with Gasteiger partial charge in [-0.25, -0.2) is 4.79 Å². The summed E-state index contributed by atoms with van der Waals surface area (Å²) in [7, 11) is 1.45. The second-order valence-corrected chi connectivity index (χ2v) is 3.28. The van der Waals surface area contributed by atoms with E-state index in [9.17, 15) is 9.59 Å². The first-order valence-electron chi connectivity index (χ1n) is 4.60. The summed E-state index contributed by atoms with van der Waals surface area (Å²) >= 11 is 0. The maximum atomic E-state index is 11.5. The third-order valence-electron chi connectivity index (χ3n) is 2.31. The van der Waals surface area contributed by atoms with E-state index < -0.39 is 11.2 Å². The lowest BCUT2D eigenvalue weighted by Gasteiger charge is -2.07. The van der Waals surface area contributed by atoms with Gasteiger partial charge in [-0.2, -0.15) is 0 Å². The number of nitrogens with one attached hydrogen (secondary N) is 2. The van der Waals surface area contributed by atoms with Crippen molar-refractivity contribution in [2.45, 2.75) is 6.61 Å². The van der Waals surface area contributed by atoms with E-state index >= 15 is 0 Å². The van der Waals surface area contributed by atoms with Crippen LogP contribution in [-0.2, 0) is 6.61 Å². The Hall–Kier alpha value is -2.08. The number of hydrogen-bond acceptors (Lipinski definition) is 4. The second kappa shape index (κ2) is 3.82. The van der Waals surface area contributed by atoms with E-state index in [0.29, 0.717) is 22.2 Å². The number of fused-ring (bicyclic) bond motifs is 1. The molecule has 2 aromatic rings. The fourth-order valence-corrected chi connectivity index (χ4v) is 1.55. The Labute approximate surface area is 89.5 Å². The number of hydrogen-bond donors (Lipinski definition) is 3. The lowest BCUT2D eigenvalue weighted by molar-refractivity contribution is 0.274. The molecule has 6 heteroatoms. The molecule has 0 fully saturated rings. The Bertz CT molecular complexity index is 641. The number of ether oxygens (including phenoxy) is 1. The van der Waals surface area contributed by atoms with Crippen LogP contribution in [-0.4, -0.2) is 22.2 Å². The minimum atomic E-state index is -0.573. The van der Waals surface area contributed by atoms with Gasteiger partial charge in [-0.15, -0.1) is 0 Å². The summed E-state index contributed by atoms with van der Waals surface area (Å²) in [5.74, 6) is 0.427. The molecule has 0 radical (unpaired) electrons. The molecule has 0 spiro atoms. The van der Waals surface area contributed by atoms with Crippen LogP contribution in [0.4, 0.5) is 0 Å². The predicted octanol–water partition coefficient (Wildman–Crippen LogP) is -0.283. The molecule has 16 heavy (non-hydrogen) atoms. The Balaban J connectivity index is 2.88. The second-order valence-electron chi connectivity index (χ2n) is 3.28. The van der Waals surface area contributed by atoms with Gasteiger partial charge in [0.05, 0.1) is 24.6 Å². The average molecular weight is 222 g/mol. The number of aliphatic hydroxyl groups is 1. The molecular formula is C10H10N2O4. The smallest absolute Gasteiger partial charge is 0.326 e. The van der Waals surface area contributed by atoms with Crippen molar-refractivity contribution >= 4 is 10.9 Å². The van der Waals surface area contributed by atoms with E-state index in [2.05, 4.69) is 9.97 Å². The molecule has 0 bridgehead atoms. The van der Waals surface area contributed by atoms with E-state index in [1.54, 1.807) is 0 Å². The molecule has 3 N–H and O–H groups in total. The van der Waals surface area contributed by atoms with Gasteiger partial charge in [0.1, 0.15) is 5.75 Å². The number of methoxy groups -OCH3 is 1. The van der Waals surface area contributed by atoms with E-state index in [0.717, 1.165) is 0 Å². The Morgan fingerprint density at radius 1 is 1.31 bits per heavy atom. The summed E-state index contributed by atoms with van der Waals surface area (Å²) in [6, 6.07) is 3.00. The van der Waals surface area contributed by atoms with Gasteiger partial charge in [-0.05, 0) is 6.07 Å². The number of aromatic amines is 2. The van der Waals surface area contributed by atoms with E-state index in [1.807, 2.05) is 0 Å². The van der Waals surface area contributed by atoms with Gasteiger partial charge in [0.2, 0.25) is 0 Å². The van der Waals surface area contributed by atoms with Gasteiger partial charge in [-0.1, -0.05) is 0 Å². The van der Waals surface area contributed by atoms with Crippen molar-refractivity contribution in [1.82, 2.24) is 9.97 Å². The lowest BCUT2D eigenvalue weighted by atomic mass is 10.1. The monoisotopic (exact) mass is 222 g/mol. The Morgan fingerprint density at radius 2 is 2.06 bits per heavy atom. The summed E-state index contributed by atoms with van der Waals surface area (Å²) < 4.78 is 5.03. The zero-order valence-corrected chi connectivity index (χ0v) is 8.53. The van der Waals surface area contributed by atoms with Gasteiger partial charge < -0.3 is 14.8 Å². The molecular weight excluding hydrogens is 212 g/mol. The van der Waals surface area contributed by atoms with Gasteiger partial charge in [0, 0.05) is 11.6 Å². The molecule has 0 aliphatic rings. The highest BCUT2D eigenvalue weighted by Crippen LogP contribution is 2.22. The zero-order valence-electron chi connectivity index (χ0n) is 8.53. The molecule has 84 valence electrons. The van der Waals surface area contributed by atoms with Crippen molar-refractivity contribution in [2.24, 2.45) is 0 Å². The SMILES string of the molecule is COc1cc2[nH]c(=O)[nH]c(=O)c2cc1CO. The highest BCUT2D eigenvalue weighted by atomic mass is 16.5. The van der Waals surface area contributed by atoms with E-state index in [1.165, 1.54) is 19.2 Å². The van der Waals surface area contributed by atoms with E-state index in [-0.39, 0.29) is 6.61 Å². The van der Waals surface area contributed by atoms with Crippen LogP contribution in [0, 0.1) is 0 Å². The number of benzene rings is 1. The maximum Gasteiger partial charge on any atom is 0.326 e. The molecule has 0 aliphatic heterocycles. The lowest BCUT2D eigenvalue weighted by Crippen LogP contribution is -2.22. The maximum absolute atomic E-state index is 11.5. The van der Waals surface area contributed by atoms with Crippen LogP contribution < -0.4 is 16.0 Å². The minimum absolute atomic E-state index is 0.238. The van der Waals surface area contributed by atoms with Gasteiger partial charge in [0.25, 0.3) is 5.56 Å². The first-order chi connectivity index (χ1) is 7.65. The van der Waals surface area contributed by atoms with Gasteiger partial charge in [-0.3, -0.25) is 9.78 Å². The number of aliphatic hydroxyl groups excluding tert-OH is 1. The summed E-state index contributed by atoms with van der Waals surface area (Å²) in [6.45, 7) is -0.238. The van der Waals surface area contributed by atoms with Crippen molar-refractivity contribution in [3.8, 4) is 5.75 Å². The van der Waals surface area contributed by atoms with Crippen molar-refractivity contribution < 1.29 is 9.84 Å². The normalized spacial score (nSPS) is 10.6. The predicted molar refractivity (Wildman–Crippen MR) is 57.7 cm³/mol. The van der Waals surface area contributed by atoms with Gasteiger partial charge >= 0.3 is 5.69 Å². The summed E-state index contributed by atoms with van der Waals surface area (Å²) in [4.78, 5) is 27.1. The number of rotatable bonds is 2. The van der Waals surface area contributed by atoms with Crippen LogP contribution >= 0.6 is 0 Å². The standard InChI is InChI=1S/C10H10N2O4/c1-16-8-3-7-6(2-5(8)4-13)9(14)12-10(15)11-7/h2-3,13H,4H2,1H3,(H2,11,12,14,15). The average Bonchev–Trinajstić information content (AvgIpc) is 2.27. The largest absolute Gasteiger partial charge is 0.496 e. The third kappa shape index (κ3) is 1.59. The molecule has 0 saturated heterocycles. The first kappa shape index (κ1) is 10.4. The highest BCUT2D eigenvalue weighted by molar-refractivity contribution is 5.80. The summed E-state index contributed by atoms with van der Waals surface area (Å²) in [5.41, 5.74) is -0.192. The van der Waals surface area contributed by atoms with E-state index in [4.69, 9.17) is 9.84 Å². The quantitative estimate of drug-likeness (QED) is 0.651. The molecule has 0 atom stereocenters. The fraction of sp³-hybridized carbons (Fsp3) is 0.200. The molecule has 0 saturated carbocycles. The Morgan fingerprint density at radius 3 is 2.69 bits per heavy atom. The molecule has 2 rings (SSSR count). The van der Waals surface area contributed by atoms with Crippen molar-refractivity contribution in [3.05, 3.63) is 38.5 Å². The summed E-state index contributed by atoms with van der Waals surface area (Å²) in [6.07, 6.45) is 0. The molecule has 6 nitrogen and oxygen atoms in total. The summed E-state index contributed by atoms with van der Waals surface area (Å²) in [5, 5.41) is 9.40. The molecule has 1 aromatic heterocycles. The highest BCUT2D eigenvalue weighted by Gasteiger charge is 2.07. The minimum Gasteiger partial charge on any atom is -0.496 e. The molecule has 1 heterocycles. The topological polar surface area (TPSA) is 95.2 Å². The number of aromatic nitrogens is 2. The van der Waals surface area contributed by atoms with Gasteiger partial charge in [0.15, 0.2) is 0 Å². The number of H-pyrrole nitrogens is 2. The molecule has 0 amide bonds. The van der Waals surface area contributed by atoms with Crippen LogP contribution in [0.5, 0.6) is 5.75 Å². The molecule has 0 unspecified atom stereocenters. The zero-order chi connectivity index (χ0) is 11.7. The van der Waals surface area contributed by atoms with Crippen molar-refractivity contribution in [1.29, 1.82) is 0 Å². The molecule has 0 aliphatic carbocycles. The van der Waals surface area contributed by atoms with Crippen LogP contribution in [0.2, 0.25) is 0 Å². The Kier molecular flexibility index (Phi) is 2.49. The van der Waals surface area contributed by atoms with Crippen LogP contribution in [0.3, 0.4) is 0 Å². The fourth-order valence-electron chi connectivity index (χ4n) is 1.55. The first-order valence-corrected chi connectivity index (χ1v) is 4.60.